The monoisotopic (exact) mass is 389 g/mol. The second-order valence-electron chi connectivity index (χ2n) is 6.92. The first-order valence-electron chi connectivity index (χ1n) is 9.17. The Morgan fingerprint density at radius 3 is 2.24 bits per heavy atom. The summed E-state index contributed by atoms with van der Waals surface area (Å²) < 4.78 is 5.29. The van der Waals surface area contributed by atoms with E-state index < -0.39 is 0 Å². The van der Waals surface area contributed by atoms with Gasteiger partial charge in [-0.1, -0.05) is 12.1 Å². The molecule has 148 valence electrons. The van der Waals surface area contributed by atoms with Gasteiger partial charge in [-0.05, 0) is 73.9 Å². The van der Waals surface area contributed by atoms with Gasteiger partial charge in [0.05, 0.1) is 12.8 Å². The number of carbonyl (C=O) groups is 2. The van der Waals surface area contributed by atoms with Crippen LogP contribution in [0.15, 0.2) is 54.7 Å². The van der Waals surface area contributed by atoms with Crippen molar-refractivity contribution in [3.63, 3.8) is 0 Å². The first kappa shape index (κ1) is 20.1. The molecule has 6 nitrogen and oxygen atoms in total. The molecule has 0 spiro atoms. The van der Waals surface area contributed by atoms with E-state index in [0.29, 0.717) is 22.7 Å². The number of amides is 2. The van der Waals surface area contributed by atoms with Crippen LogP contribution in [0.25, 0.3) is 0 Å². The molecule has 2 amide bonds. The normalized spacial score (nSPS) is 10.3. The van der Waals surface area contributed by atoms with E-state index >= 15 is 0 Å². The third-order valence-corrected chi connectivity index (χ3v) is 4.34. The average Bonchev–Trinajstić information content (AvgIpc) is 2.67. The van der Waals surface area contributed by atoms with Crippen LogP contribution in [0, 0.1) is 20.8 Å². The standard InChI is InChI=1S/C23H23N3O3/c1-14-5-6-21(29-4)19(12-14)26-22(27)17-7-8-24-20(13-17)23(28)25-18-10-15(2)9-16(3)11-18/h5-13H,1-4H3,(H,25,28)(H,26,27). The predicted octanol–water partition coefficient (Wildman–Crippen LogP) is 4.52. The number of methoxy groups -OCH3 is 1. The summed E-state index contributed by atoms with van der Waals surface area (Å²) in [6.45, 7) is 5.86. The molecule has 0 bridgehead atoms. The maximum Gasteiger partial charge on any atom is 0.274 e. The van der Waals surface area contributed by atoms with Gasteiger partial charge in [0.1, 0.15) is 11.4 Å². The second-order valence-corrected chi connectivity index (χ2v) is 6.92. The molecule has 0 saturated heterocycles. The maximum atomic E-state index is 12.7. The lowest BCUT2D eigenvalue weighted by atomic mass is 10.1. The minimum atomic E-state index is -0.377. The Bertz CT molecular complexity index is 1060. The van der Waals surface area contributed by atoms with Gasteiger partial charge in [0.2, 0.25) is 0 Å². The largest absolute Gasteiger partial charge is 0.495 e. The summed E-state index contributed by atoms with van der Waals surface area (Å²) in [5.41, 5.74) is 4.83. The Morgan fingerprint density at radius 2 is 1.55 bits per heavy atom. The predicted molar refractivity (Wildman–Crippen MR) is 114 cm³/mol. The molecule has 1 aromatic heterocycles. The van der Waals surface area contributed by atoms with Gasteiger partial charge in [-0.3, -0.25) is 14.6 Å². The topological polar surface area (TPSA) is 80.3 Å². The number of aryl methyl sites for hydroxylation is 3. The summed E-state index contributed by atoms with van der Waals surface area (Å²) >= 11 is 0. The lowest BCUT2D eigenvalue weighted by Crippen LogP contribution is -2.17. The van der Waals surface area contributed by atoms with Crippen molar-refractivity contribution in [3.8, 4) is 5.75 Å². The van der Waals surface area contributed by atoms with E-state index in [0.717, 1.165) is 16.7 Å². The molecule has 0 aliphatic rings. The van der Waals surface area contributed by atoms with Gasteiger partial charge in [-0.2, -0.15) is 0 Å². The van der Waals surface area contributed by atoms with Crippen molar-refractivity contribution in [2.75, 3.05) is 17.7 Å². The smallest absolute Gasteiger partial charge is 0.274 e. The van der Waals surface area contributed by atoms with Crippen LogP contribution < -0.4 is 15.4 Å². The number of nitrogens with zero attached hydrogens (tertiary/aromatic N) is 1. The van der Waals surface area contributed by atoms with Crippen LogP contribution in [-0.2, 0) is 0 Å². The third kappa shape index (κ3) is 4.99. The van der Waals surface area contributed by atoms with Gasteiger partial charge >= 0.3 is 0 Å². The first-order chi connectivity index (χ1) is 13.9. The molecule has 2 aromatic carbocycles. The highest BCUT2D eigenvalue weighted by Crippen LogP contribution is 2.25. The van der Waals surface area contributed by atoms with E-state index in [1.54, 1.807) is 19.2 Å². The Labute approximate surface area is 169 Å². The Kier molecular flexibility index (Phi) is 5.93. The molecular formula is C23H23N3O3. The lowest BCUT2D eigenvalue weighted by molar-refractivity contribution is 0.102. The van der Waals surface area contributed by atoms with Crippen molar-refractivity contribution in [1.29, 1.82) is 0 Å². The molecule has 3 aromatic rings. The highest BCUT2D eigenvalue weighted by Gasteiger charge is 2.14. The van der Waals surface area contributed by atoms with Crippen LogP contribution in [0.5, 0.6) is 5.75 Å². The zero-order valence-electron chi connectivity index (χ0n) is 16.9. The number of pyridine rings is 1. The van der Waals surface area contributed by atoms with Crippen LogP contribution in [-0.4, -0.2) is 23.9 Å². The van der Waals surface area contributed by atoms with Crippen molar-refractivity contribution in [3.05, 3.63) is 82.7 Å². The zero-order valence-corrected chi connectivity index (χ0v) is 16.9. The molecule has 0 fully saturated rings. The Balaban J connectivity index is 1.79. The highest BCUT2D eigenvalue weighted by molar-refractivity contribution is 6.08. The zero-order chi connectivity index (χ0) is 21.0. The number of hydrogen-bond acceptors (Lipinski definition) is 4. The first-order valence-corrected chi connectivity index (χ1v) is 9.17. The highest BCUT2D eigenvalue weighted by atomic mass is 16.5. The molecule has 0 aliphatic heterocycles. The Morgan fingerprint density at radius 1 is 0.828 bits per heavy atom. The number of hydrogen-bond donors (Lipinski definition) is 2. The van der Waals surface area contributed by atoms with E-state index in [-0.39, 0.29) is 17.5 Å². The quantitative estimate of drug-likeness (QED) is 0.672. The molecule has 0 aliphatic carbocycles. The average molecular weight is 389 g/mol. The van der Waals surface area contributed by atoms with Crippen LogP contribution in [0.4, 0.5) is 11.4 Å². The van der Waals surface area contributed by atoms with Crippen molar-refractivity contribution >= 4 is 23.2 Å². The molecule has 0 radical (unpaired) electrons. The van der Waals surface area contributed by atoms with E-state index in [1.165, 1.54) is 12.3 Å². The number of aromatic nitrogens is 1. The van der Waals surface area contributed by atoms with Crippen molar-refractivity contribution < 1.29 is 14.3 Å². The van der Waals surface area contributed by atoms with E-state index in [2.05, 4.69) is 15.6 Å². The van der Waals surface area contributed by atoms with Crippen LogP contribution in [0.1, 0.15) is 37.5 Å². The van der Waals surface area contributed by atoms with Crippen LogP contribution in [0.3, 0.4) is 0 Å². The summed E-state index contributed by atoms with van der Waals surface area (Å²) in [5.74, 6) is -0.166. The van der Waals surface area contributed by atoms with Crippen molar-refractivity contribution in [1.82, 2.24) is 4.98 Å². The maximum absolute atomic E-state index is 12.7. The summed E-state index contributed by atoms with van der Waals surface area (Å²) in [5, 5.41) is 5.65. The van der Waals surface area contributed by atoms with E-state index in [4.69, 9.17) is 4.74 Å². The minimum Gasteiger partial charge on any atom is -0.495 e. The number of benzene rings is 2. The third-order valence-electron chi connectivity index (χ3n) is 4.34. The van der Waals surface area contributed by atoms with Gasteiger partial charge in [0.15, 0.2) is 0 Å². The lowest BCUT2D eigenvalue weighted by Gasteiger charge is -2.11. The van der Waals surface area contributed by atoms with Crippen molar-refractivity contribution in [2.24, 2.45) is 0 Å². The molecule has 1 heterocycles. The number of nitrogens with one attached hydrogen (secondary N) is 2. The van der Waals surface area contributed by atoms with Gasteiger partial charge in [0.25, 0.3) is 11.8 Å². The number of anilines is 2. The van der Waals surface area contributed by atoms with Crippen LogP contribution in [0.2, 0.25) is 0 Å². The SMILES string of the molecule is COc1ccc(C)cc1NC(=O)c1ccnc(C(=O)Nc2cc(C)cc(C)c2)c1. The molecular weight excluding hydrogens is 366 g/mol. The van der Waals surface area contributed by atoms with Gasteiger partial charge < -0.3 is 15.4 Å². The van der Waals surface area contributed by atoms with Crippen molar-refractivity contribution in [2.45, 2.75) is 20.8 Å². The summed E-state index contributed by atoms with van der Waals surface area (Å²) in [6, 6.07) is 14.3. The fourth-order valence-corrected chi connectivity index (χ4v) is 3.05. The molecule has 0 saturated carbocycles. The number of ether oxygens (including phenoxy) is 1. The van der Waals surface area contributed by atoms with Gasteiger partial charge in [-0.15, -0.1) is 0 Å². The van der Waals surface area contributed by atoms with Crippen LogP contribution >= 0.6 is 0 Å². The molecule has 6 heteroatoms. The van der Waals surface area contributed by atoms with E-state index in [1.807, 2.05) is 51.1 Å². The fourth-order valence-electron chi connectivity index (χ4n) is 3.05. The fraction of sp³-hybridized carbons (Fsp3) is 0.174. The molecule has 0 unspecified atom stereocenters. The number of rotatable bonds is 5. The Hall–Kier alpha value is -3.67. The van der Waals surface area contributed by atoms with Gasteiger partial charge in [0, 0.05) is 17.4 Å². The summed E-state index contributed by atoms with van der Waals surface area (Å²) in [4.78, 5) is 29.4. The van der Waals surface area contributed by atoms with Gasteiger partial charge in [-0.25, -0.2) is 0 Å². The summed E-state index contributed by atoms with van der Waals surface area (Å²) in [6.07, 6.45) is 1.44. The molecule has 0 atom stereocenters. The van der Waals surface area contributed by atoms with E-state index in [9.17, 15) is 9.59 Å². The molecule has 2 N–H and O–H groups in total. The molecule has 29 heavy (non-hydrogen) atoms. The minimum absolute atomic E-state index is 0.160. The summed E-state index contributed by atoms with van der Waals surface area (Å²) in [7, 11) is 1.54. The molecule has 3 rings (SSSR count). The number of carbonyl (C=O) groups excluding carboxylic acids is 2. The second kappa shape index (κ2) is 8.56.